The van der Waals surface area contributed by atoms with Gasteiger partial charge in [-0.3, -0.25) is 0 Å². The molecule has 0 N–H and O–H groups in total. The number of nitrogens with zero attached hydrogens (tertiary/aromatic N) is 2. The lowest BCUT2D eigenvalue weighted by molar-refractivity contribution is 0.563. The molecular formula is C38H31FN2. The van der Waals surface area contributed by atoms with E-state index in [9.17, 15) is 4.39 Å². The summed E-state index contributed by atoms with van der Waals surface area (Å²) >= 11 is 0. The van der Waals surface area contributed by atoms with Crippen molar-refractivity contribution in [3.05, 3.63) is 151 Å². The molecule has 0 spiro atoms. The molecule has 1 aliphatic carbocycles. The molecule has 0 saturated heterocycles. The number of fused-ring (bicyclic) bond motifs is 3. The maximum absolute atomic E-state index is 14.2. The van der Waals surface area contributed by atoms with E-state index in [0.29, 0.717) is 0 Å². The van der Waals surface area contributed by atoms with Crippen molar-refractivity contribution in [1.82, 2.24) is 4.57 Å². The van der Waals surface area contributed by atoms with Crippen molar-refractivity contribution in [2.45, 2.75) is 19.9 Å². The van der Waals surface area contributed by atoms with Gasteiger partial charge in [0, 0.05) is 33.8 Å². The highest BCUT2D eigenvalue weighted by Gasteiger charge is 2.27. The number of benzene rings is 5. The summed E-state index contributed by atoms with van der Waals surface area (Å²) in [6, 6.07) is 43.1. The first kappa shape index (κ1) is 25.1. The summed E-state index contributed by atoms with van der Waals surface area (Å²) < 4.78 is 16.6. The highest BCUT2D eigenvalue weighted by molar-refractivity contribution is 6.10. The molecular weight excluding hydrogens is 503 g/mol. The fourth-order valence-corrected chi connectivity index (χ4v) is 6.11. The summed E-state index contributed by atoms with van der Waals surface area (Å²) in [5.74, 6) is -0.178. The van der Waals surface area contributed by atoms with E-state index >= 15 is 0 Å². The number of para-hydroxylation sites is 2. The normalized spacial score (nSPS) is 16.7. The summed E-state index contributed by atoms with van der Waals surface area (Å²) in [6.07, 6.45) is 5.31. The van der Waals surface area contributed by atoms with Crippen LogP contribution in [0.25, 0.3) is 38.6 Å². The van der Waals surface area contributed by atoms with Gasteiger partial charge >= 0.3 is 0 Å². The van der Waals surface area contributed by atoms with Crippen LogP contribution in [0, 0.1) is 12.8 Å². The number of rotatable bonds is 5. The fraction of sp³-hybridized carbons (Fsp3) is 0.105. The molecule has 0 bridgehead atoms. The van der Waals surface area contributed by atoms with E-state index in [0.717, 1.165) is 22.6 Å². The highest BCUT2D eigenvalue weighted by Crippen LogP contribution is 2.39. The molecule has 1 heterocycles. The molecule has 0 saturated carbocycles. The van der Waals surface area contributed by atoms with Crippen molar-refractivity contribution in [2.24, 2.45) is 5.92 Å². The van der Waals surface area contributed by atoms with Crippen LogP contribution in [0.3, 0.4) is 0 Å². The summed E-state index contributed by atoms with van der Waals surface area (Å²) in [5.41, 5.74) is 9.24. The molecule has 5 aromatic carbocycles. The van der Waals surface area contributed by atoms with Gasteiger partial charge < -0.3 is 9.47 Å². The van der Waals surface area contributed by atoms with Gasteiger partial charge in [-0.25, -0.2) is 4.39 Å². The van der Waals surface area contributed by atoms with Gasteiger partial charge in [-0.15, -0.1) is 0 Å². The standard InChI is InChI=1S/C38H31FN2/c1-26-12-14-28(15-13-26)29-16-19-32(20-17-29)40(36-22-18-30(39)24-27(36)2)33-21-23-38-35(25-33)34-10-6-7-11-37(34)41(38)31-8-4-3-5-9-31/h3-25,27,36H,1-2H3. The number of aryl methyl sites for hydroxylation is 1. The zero-order valence-corrected chi connectivity index (χ0v) is 23.2. The number of halogens is 1. The van der Waals surface area contributed by atoms with E-state index in [1.807, 2.05) is 12.1 Å². The highest BCUT2D eigenvalue weighted by atomic mass is 19.1. The van der Waals surface area contributed by atoms with Gasteiger partial charge in [0.05, 0.1) is 17.1 Å². The molecule has 2 unspecified atom stereocenters. The molecule has 1 aromatic heterocycles. The zero-order chi connectivity index (χ0) is 27.9. The molecule has 1 aliphatic rings. The monoisotopic (exact) mass is 534 g/mol. The van der Waals surface area contributed by atoms with E-state index in [-0.39, 0.29) is 17.8 Å². The minimum atomic E-state index is -0.176. The molecule has 2 atom stereocenters. The molecule has 41 heavy (non-hydrogen) atoms. The molecule has 0 aliphatic heterocycles. The first-order valence-corrected chi connectivity index (χ1v) is 14.2. The third-order valence-corrected chi connectivity index (χ3v) is 8.19. The molecule has 7 rings (SSSR count). The summed E-state index contributed by atoms with van der Waals surface area (Å²) in [6.45, 7) is 4.19. The van der Waals surface area contributed by atoms with Crippen LogP contribution in [-0.4, -0.2) is 10.6 Å². The van der Waals surface area contributed by atoms with Crippen LogP contribution in [-0.2, 0) is 0 Å². The summed E-state index contributed by atoms with van der Waals surface area (Å²) in [4.78, 5) is 2.34. The lowest BCUT2D eigenvalue weighted by Crippen LogP contribution is -2.35. The Bertz CT molecular complexity index is 1910. The van der Waals surface area contributed by atoms with Crippen molar-refractivity contribution in [1.29, 1.82) is 0 Å². The smallest absolute Gasteiger partial charge is 0.119 e. The third kappa shape index (κ3) is 4.54. The van der Waals surface area contributed by atoms with Crippen molar-refractivity contribution in [3.63, 3.8) is 0 Å². The SMILES string of the molecule is Cc1ccc(-c2ccc(N(c3ccc4c(c3)c3ccccc3n4-c3ccccc3)C3C=CC(F)=CC3C)cc2)cc1. The molecule has 2 nitrogen and oxygen atoms in total. The summed E-state index contributed by atoms with van der Waals surface area (Å²) in [5, 5.41) is 2.40. The third-order valence-electron chi connectivity index (χ3n) is 8.19. The number of anilines is 2. The zero-order valence-electron chi connectivity index (χ0n) is 23.2. The van der Waals surface area contributed by atoms with Crippen LogP contribution in [0.1, 0.15) is 12.5 Å². The molecule has 6 aromatic rings. The van der Waals surface area contributed by atoms with Crippen LogP contribution < -0.4 is 4.90 Å². The van der Waals surface area contributed by atoms with E-state index in [1.165, 1.54) is 33.0 Å². The van der Waals surface area contributed by atoms with Crippen molar-refractivity contribution in [3.8, 4) is 16.8 Å². The second-order valence-electron chi connectivity index (χ2n) is 10.9. The number of hydrogen-bond acceptors (Lipinski definition) is 1. The second-order valence-corrected chi connectivity index (χ2v) is 10.9. The van der Waals surface area contributed by atoms with Gasteiger partial charge in [-0.1, -0.05) is 91.4 Å². The predicted molar refractivity (Wildman–Crippen MR) is 171 cm³/mol. The Balaban J connectivity index is 1.38. The Labute approximate surface area is 240 Å². The van der Waals surface area contributed by atoms with E-state index in [2.05, 4.69) is 139 Å². The quantitative estimate of drug-likeness (QED) is 0.214. The summed E-state index contributed by atoms with van der Waals surface area (Å²) in [7, 11) is 0. The van der Waals surface area contributed by atoms with Crippen LogP contribution in [0.5, 0.6) is 0 Å². The van der Waals surface area contributed by atoms with Crippen molar-refractivity contribution in [2.75, 3.05) is 4.90 Å². The Morgan fingerprint density at radius 2 is 1.29 bits per heavy atom. The molecule has 3 heteroatoms. The average Bonchev–Trinajstić information content (AvgIpc) is 3.33. The van der Waals surface area contributed by atoms with Crippen LogP contribution in [0.2, 0.25) is 0 Å². The first-order valence-electron chi connectivity index (χ1n) is 14.2. The molecule has 0 amide bonds. The van der Waals surface area contributed by atoms with Gasteiger partial charge in [0.2, 0.25) is 0 Å². The topological polar surface area (TPSA) is 8.17 Å². The van der Waals surface area contributed by atoms with Crippen LogP contribution in [0.4, 0.5) is 15.8 Å². The average molecular weight is 535 g/mol. The maximum atomic E-state index is 14.2. The minimum Gasteiger partial charge on any atom is -0.334 e. The Kier molecular flexibility index (Phi) is 6.28. The first-order chi connectivity index (χ1) is 20.1. The Morgan fingerprint density at radius 1 is 0.659 bits per heavy atom. The van der Waals surface area contributed by atoms with E-state index in [4.69, 9.17) is 0 Å². The van der Waals surface area contributed by atoms with Gasteiger partial charge in [0.1, 0.15) is 5.83 Å². The lowest BCUT2D eigenvalue weighted by atomic mass is 9.93. The van der Waals surface area contributed by atoms with E-state index in [1.54, 1.807) is 12.2 Å². The van der Waals surface area contributed by atoms with Crippen LogP contribution in [0.15, 0.2) is 145 Å². The number of allylic oxidation sites excluding steroid dienone is 2. The molecule has 0 fully saturated rings. The largest absolute Gasteiger partial charge is 0.334 e. The number of hydrogen-bond donors (Lipinski definition) is 0. The van der Waals surface area contributed by atoms with E-state index < -0.39 is 0 Å². The van der Waals surface area contributed by atoms with Gasteiger partial charge in [-0.2, -0.15) is 0 Å². The molecule has 200 valence electrons. The van der Waals surface area contributed by atoms with Crippen LogP contribution >= 0.6 is 0 Å². The predicted octanol–water partition coefficient (Wildman–Crippen LogP) is 10.3. The fourth-order valence-electron chi connectivity index (χ4n) is 6.11. The molecule has 0 radical (unpaired) electrons. The number of aromatic nitrogens is 1. The Morgan fingerprint density at radius 3 is 2.02 bits per heavy atom. The maximum Gasteiger partial charge on any atom is 0.119 e. The Hall–Kier alpha value is -4.89. The van der Waals surface area contributed by atoms with Gasteiger partial charge in [-0.05, 0) is 78.7 Å². The van der Waals surface area contributed by atoms with Crippen molar-refractivity contribution < 1.29 is 4.39 Å². The minimum absolute atomic E-state index is 0.00173. The van der Waals surface area contributed by atoms with Gasteiger partial charge in [0.15, 0.2) is 0 Å². The second kappa shape index (κ2) is 10.3. The van der Waals surface area contributed by atoms with Gasteiger partial charge in [0.25, 0.3) is 0 Å². The lowest BCUT2D eigenvalue weighted by Gasteiger charge is -2.36. The van der Waals surface area contributed by atoms with Crippen molar-refractivity contribution >= 4 is 33.2 Å².